The van der Waals surface area contributed by atoms with Crippen LogP contribution in [0.4, 0.5) is 0 Å². The standard InChI is InChI=1S/C35H52ClN3O/c1-2-3-4-5-6-7-8-9-10-11-12-13-14-15-16-19-29-39-33-22-18-17-21-32(33)38-34(39)23-20-28-37-35(40)30-24-26-31(36)27-25-30/h17-18,21-22,24-27H,2-16,19-20,23,28-29H2,1H3,(H,37,40). The van der Waals surface area contributed by atoms with Crippen LogP contribution in [0.5, 0.6) is 0 Å². The Bertz CT molecular complexity index is 1090. The lowest BCUT2D eigenvalue weighted by molar-refractivity contribution is 0.0953. The fourth-order valence-electron chi connectivity index (χ4n) is 5.54. The third-order valence-electron chi connectivity index (χ3n) is 7.94. The number of unbranched alkanes of at least 4 members (excludes halogenated alkanes) is 15. The van der Waals surface area contributed by atoms with Crippen LogP contribution in [0.25, 0.3) is 11.0 Å². The lowest BCUT2D eigenvalue weighted by Gasteiger charge is -2.10. The van der Waals surface area contributed by atoms with E-state index in [2.05, 4.69) is 41.1 Å². The molecule has 1 aromatic heterocycles. The number of benzene rings is 2. The molecular weight excluding hydrogens is 514 g/mol. The molecule has 0 aliphatic heterocycles. The molecule has 3 aromatic rings. The molecule has 2 aromatic carbocycles. The van der Waals surface area contributed by atoms with Gasteiger partial charge < -0.3 is 9.88 Å². The Morgan fingerprint density at radius 3 is 1.88 bits per heavy atom. The number of aromatic nitrogens is 2. The van der Waals surface area contributed by atoms with Crippen molar-refractivity contribution in [2.75, 3.05) is 6.54 Å². The summed E-state index contributed by atoms with van der Waals surface area (Å²) in [5, 5.41) is 3.66. The van der Waals surface area contributed by atoms with Crippen molar-refractivity contribution in [3.8, 4) is 0 Å². The van der Waals surface area contributed by atoms with Gasteiger partial charge in [-0.25, -0.2) is 4.98 Å². The van der Waals surface area contributed by atoms with Crippen LogP contribution in [-0.4, -0.2) is 22.0 Å². The summed E-state index contributed by atoms with van der Waals surface area (Å²) in [5.74, 6) is 1.07. The predicted octanol–water partition coefficient (Wildman–Crippen LogP) is 10.3. The largest absolute Gasteiger partial charge is 0.352 e. The van der Waals surface area contributed by atoms with Gasteiger partial charge in [-0.05, 0) is 49.2 Å². The van der Waals surface area contributed by atoms with E-state index < -0.39 is 0 Å². The SMILES string of the molecule is CCCCCCCCCCCCCCCCCCn1c(CCCNC(=O)c2ccc(Cl)cc2)nc2ccccc21. The van der Waals surface area contributed by atoms with Crippen LogP contribution in [0.3, 0.4) is 0 Å². The van der Waals surface area contributed by atoms with Crippen molar-refractivity contribution in [2.45, 2.75) is 129 Å². The molecule has 220 valence electrons. The van der Waals surface area contributed by atoms with E-state index in [0.29, 0.717) is 17.1 Å². The van der Waals surface area contributed by atoms with Crippen molar-refractivity contribution < 1.29 is 4.79 Å². The highest BCUT2D eigenvalue weighted by Crippen LogP contribution is 2.19. The molecule has 5 heteroatoms. The van der Waals surface area contributed by atoms with Gasteiger partial charge in [0.05, 0.1) is 11.0 Å². The lowest BCUT2D eigenvalue weighted by Crippen LogP contribution is -2.25. The van der Waals surface area contributed by atoms with Crippen molar-refractivity contribution in [3.05, 3.63) is 64.9 Å². The fourth-order valence-corrected chi connectivity index (χ4v) is 5.66. The van der Waals surface area contributed by atoms with Gasteiger partial charge in [0.25, 0.3) is 5.91 Å². The number of hydrogen-bond acceptors (Lipinski definition) is 2. The maximum atomic E-state index is 12.4. The monoisotopic (exact) mass is 565 g/mol. The Kier molecular flexibility index (Phi) is 15.8. The molecule has 0 spiro atoms. The Balaban J connectivity index is 1.27. The Morgan fingerprint density at radius 2 is 1.27 bits per heavy atom. The number of carbonyl (C=O) groups excluding carboxylic acids is 1. The summed E-state index contributed by atoms with van der Waals surface area (Å²) < 4.78 is 2.40. The molecule has 0 saturated heterocycles. The second-order valence-corrected chi connectivity index (χ2v) is 11.8. The maximum Gasteiger partial charge on any atom is 0.251 e. The third-order valence-corrected chi connectivity index (χ3v) is 8.19. The van der Waals surface area contributed by atoms with Gasteiger partial charge in [-0.1, -0.05) is 127 Å². The van der Waals surface area contributed by atoms with Crippen molar-refractivity contribution in [1.82, 2.24) is 14.9 Å². The molecule has 4 nitrogen and oxygen atoms in total. The molecule has 1 N–H and O–H groups in total. The van der Waals surface area contributed by atoms with E-state index in [1.54, 1.807) is 24.3 Å². The van der Waals surface area contributed by atoms with E-state index in [9.17, 15) is 4.79 Å². The van der Waals surface area contributed by atoms with E-state index in [4.69, 9.17) is 16.6 Å². The van der Waals surface area contributed by atoms with Crippen LogP contribution in [0.2, 0.25) is 5.02 Å². The van der Waals surface area contributed by atoms with Gasteiger partial charge in [-0.15, -0.1) is 0 Å². The number of rotatable bonds is 22. The van der Waals surface area contributed by atoms with Gasteiger partial charge in [-0.2, -0.15) is 0 Å². The summed E-state index contributed by atoms with van der Waals surface area (Å²) in [4.78, 5) is 17.3. The van der Waals surface area contributed by atoms with Crippen LogP contribution in [-0.2, 0) is 13.0 Å². The lowest BCUT2D eigenvalue weighted by atomic mass is 10.0. The maximum absolute atomic E-state index is 12.4. The van der Waals surface area contributed by atoms with Crippen molar-refractivity contribution in [2.24, 2.45) is 0 Å². The number of amides is 1. The van der Waals surface area contributed by atoms with E-state index in [1.807, 2.05) is 0 Å². The molecule has 0 aliphatic carbocycles. The summed E-state index contributed by atoms with van der Waals surface area (Å²) in [6.07, 6.45) is 23.9. The smallest absolute Gasteiger partial charge is 0.251 e. The molecule has 0 unspecified atom stereocenters. The molecule has 0 saturated carbocycles. The molecule has 0 bridgehead atoms. The number of hydrogen-bond donors (Lipinski definition) is 1. The van der Waals surface area contributed by atoms with Crippen LogP contribution in [0, 0.1) is 0 Å². The zero-order chi connectivity index (χ0) is 28.3. The molecule has 0 radical (unpaired) electrons. The number of nitrogens with one attached hydrogen (secondary N) is 1. The molecule has 1 amide bonds. The normalized spacial score (nSPS) is 11.3. The van der Waals surface area contributed by atoms with Gasteiger partial charge in [0.1, 0.15) is 5.82 Å². The zero-order valence-electron chi connectivity index (χ0n) is 24.9. The summed E-state index contributed by atoms with van der Waals surface area (Å²) >= 11 is 5.93. The zero-order valence-corrected chi connectivity index (χ0v) is 25.7. The minimum Gasteiger partial charge on any atom is -0.352 e. The molecule has 40 heavy (non-hydrogen) atoms. The average Bonchev–Trinajstić information content (AvgIpc) is 3.32. The van der Waals surface area contributed by atoms with Gasteiger partial charge in [0.2, 0.25) is 0 Å². The van der Waals surface area contributed by atoms with Gasteiger partial charge >= 0.3 is 0 Å². The fraction of sp³-hybridized carbons (Fsp3) is 0.600. The summed E-state index contributed by atoms with van der Waals surface area (Å²) in [5.41, 5.74) is 2.93. The van der Waals surface area contributed by atoms with Crippen molar-refractivity contribution in [1.29, 1.82) is 0 Å². The number of fused-ring (bicyclic) bond motifs is 1. The average molecular weight is 566 g/mol. The third kappa shape index (κ3) is 12.0. The number of imidazole rings is 1. The summed E-state index contributed by atoms with van der Waals surface area (Å²) in [6.45, 7) is 3.94. The van der Waals surface area contributed by atoms with Crippen molar-refractivity contribution >= 4 is 28.5 Å². The molecule has 0 atom stereocenters. The number of nitrogens with zero attached hydrogens (tertiary/aromatic N) is 2. The van der Waals surface area contributed by atoms with Gasteiger partial charge in [-0.3, -0.25) is 4.79 Å². The Hall–Kier alpha value is -2.33. The molecule has 1 heterocycles. The van der Waals surface area contributed by atoms with Crippen LogP contribution in [0.1, 0.15) is 132 Å². The number of halogens is 1. The minimum atomic E-state index is -0.0571. The molecule has 3 rings (SSSR count). The Morgan fingerprint density at radius 1 is 0.725 bits per heavy atom. The van der Waals surface area contributed by atoms with Crippen LogP contribution < -0.4 is 5.32 Å². The first-order chi connectivity index (χ1) is 19.7. The minimum absolute atomic E-state index is 0.0571. The number of aryl methyl sites for hydroxylation is 2. The highest BCUT2D eigenvalue weighted by atomic mass is 35.5. The first-order valence-corrected chi connectivity index (χ1v) is 16.5. The first-order valence-electron chi connectivity index (χ1n) is 16.2. The highest BCUT2D eigenvalue weighted by Gasteiger charge is 2.11. The summed E-state index contributed by atoms with van der Waals surface area (Å²) in [7, 11) is 0. The Labute approximate surface area is 248 Å². The van der Waals surface area contributed by atoms with Gasteiger partial charge in [0.15, 0.2) is 0 Å². The van der Waals surface area contributed by atoms with E-state index >= 15 is 0 Å². The second-order valence-electron chi connectivity index (χ2n) is 11.3. The van der Waals surface area contributed by atoms with E-state index in [0.717, 1.165) is 30.7 Å². The van der Waals surface area contributed by atoms with Crippen LogP contribution in [0.15, 0.2) is 48.5 Å². The van der Waals surface area contributed by atoms with E-state index in [1.165, 1.54) is 108 Å². The van der Waals surface area contributed by atoms with Crippen molar-refractivity contribution in [3.63, 3.8) is 0 Å². The first kappa shape index (κ1) is 32.2. The molecule has 0 fully saturated rings. The number of para-hydroxylation sites is 2. The molecule has 0 aliphatic rings. The van der Waals surface area contributed by atoms with Gasteiger partial charge in [0, 0.05) is 30.1 Å². The topological polar surface area (TPSA) is 46.9 Å². The highest BCUT2D eigenvalue weighted by molar-refractivity contribution is 6.30. The van der Waals surface area contributed by atoms with E-state index in [-0.39, 0.29) is 5.91 Å². The number of carbonyl (C=O) groups is 1. The summed E-state index contributed by atoms with van der Waals surface area (Å²) in [6, 6.07) is 15.5. The second kappa shape index (κ2) is 19.7. The van der Waals surface area contributed by atoms with Crippen LogP contribution >= 0.6 is 11.6 Å². The predicted molar refractivity (Wildman–Crippen MR) is 171 cm³/mol. The molecular formula is C35H52ClN3O. The quantitative estimate of drug-likeness (QED) is 0.123.